The Hall–Kier alpha value is -2.33. The van der Waals surface area contributed by atoms with Crippen LogP contribution in [-0.4, -0.2) is 6.29 Å². The molecule has 1 nitrogen and oxygen atoms in total. The number of aryl methyl sites for hydroxylation is 1. The lowest BCUT2D eigenvalue weighted by atomic mass is 10.0. The number of unbranched alkanes of at least 4 members (excludes halogenated alkanes) is 3. The van der Waals surface area contributed by atoms with E-state index >= 15 is 0 Å². The van der Waals surface area contributed by atoms with Crippen LogP contribution in [0.15, 0.2) is 48.5 Å². The molecule has 0 bridgehead atoms. The van der Waals surface area contributed by atoms with Crippen LogP contribution < -0.4 is 0 Å². The highest BCUT2D eigenvalue weighted by Gasteiger charge is 1.96. The van der Waals surface area contributed by atoms with Crippen molar-refractivity contribution >= 4 is 6.29 Å². The van der Waals surface area contributed by atoms with Crippen molar-refractivity contribution in [3.8, 4) is 11.8 Å². The SMILES string of the molecule is CCCCCCc1ccc(C#Cc2ccccc2C=O)cc1. The number of hydrogen-bond donors (Lipinski definition) is 0. The summed E-state index contributed by atoms with van der Waals surface area (Å²) in [6.45, 7) is 2.23. The summed E-state index contributed by atoms with van der Waals surface area (Å²) in [6.07, 6.45) is 7.15. The number of rotatable bonds is 6. The van der Waals surface area contributed by atoms with Crippen LogP contribution in [0.2, 0.25) is 0 Å². The molecular formula is C21H22O. The molecule has 112 valence electrons. The zero-order valence-corrected chi connectivity index (χ0v) is 13.1. The van der Waals surface area contributed by atoms with Crippen LogP contribution >= 0.6 is 0 Å². The van der Waals surface area contributed by atoms with Crippen LogP contribution in [0.25, 0.3) is 0 Å². The highest BCUT2D eigenvalue weighted by atomic mass is 16.1. The van der Waals surface area contributed by atoms with Gasteiger partial charge in [-0.25, -0.2) is 0 Å². The fourth-order valence-electron chi connectivity index (χ4n) is 2.36. The van der Waals surface area contributed by atoms with Crippen molar-refractivity contribution in [2.24, 2.45) is 0 Å². The van der Waals surface area contributed by atoms with Gasteiger partial charge in [0.1, 0.15) is 0 Å². The number of aldehydes is 1. The van der Waals surface area contributed by atoms with E-state index in [0.717, 1.165) is 23.8 Å². The number of benzene rings is 2. The molecule has 22 heavy (non-hydrogen) atoms. The lowest BCUT2D eigenvalue weighted by molar-refractivity contribution is 0.112. The van der Waals surface area contributed by atoms with Crippen molar-refractivity contribution < 1.29 is 4.79 Å². The Morgan fingerprint density at radius 3 is 2.41 bits per heavy atom. The number of carbonyl (C=O) groups is 1. The standard InChI is InChI=1S/C21H22O/c1-2-3-4-5-8-18-11-13-19(14-12-18)15-16-20-9-6-7-10-21(20)17-22/h6-7,9-14,17H,2-5,8H2,1H3. The zero-order valence-electron chi connectivity index (χ0n) is 13.1. The Morgan fingerprint density at radius 1 is 0.909 bits per heavy atom. The molecule has 2 rings (SSSR count). The summed E-state index contributed by atoms with van der Waals surface area (Å²) in [6, 6.07) is 15.8. The van der Waals surface area contributed by atoms with E-state index < -0.39 is 0 Å². The third-order valence-corrected chi connectivity index (χ3v) is 3.70. The van der Waals surface area contributed by atoms with Crippen molar-refractivity contribution in [2.45, 2.75) is 39.0 Å². The smallest absolute Gasteiger partial charge is 0.151 e. The molecule has 0 aliphatic carbocycles. The normalized spacial score (nSPS) is 9.86. The van der Waals surface area contributed by atoms with Crippen LogP contribution in [0.5, 0.6) is 0 Å². The van der Waals surface area contributed by atoms with Gasteiger partial charge in [-0.05, 0) is 36.6 Å². The van der Waals surface area contributed by atoms with Gasteiger partial charge in [0.2, 0.25) is 0 Å². The van der Waals surface area contributed by atoms with E-state index in [2.05, 4.69) is 43.0 Å². The Kier molecular flexibility index (Phi) is 6.45. The predicted molar refractivity (Wildman–Crippen MR) is 92.1 cm³/mol. The van der Waals surface area contributed by atoms with E-state index in [0.29, 0.717) is 5.56 Å². The van der Waals surface area contributed by atoms with Gasteiger partial charge in [-0.2, -0.15) is 0 Å². The highest BCUT2D eigenvalue weighted by molar-refractivity contribution is 5.79. The Morgan fingerprint density at radius 2 is 1.68 bits per heavy atom. The monoisotopic (exact) mass is 290 g/mol. The molecule has 0 saturated carbocycles. The highest BCUT2D eigenvalue weighted by Crippen LogP contribution is 2.10. The largest absolute Gasteiger partial charge is 0.298 e. The molecule has 0 unspecified atom stereocenters. The van der Waals surface area contributed by atoms with Crippen molar-refractivity contribution in [3.05, 3.63) is 70.8 Å². The summed E-state index contributed by atoms with van der Waals surface area (Å²) in [5.74, 6) is 6.21. The summed E-state index contributed by atoms with van der Waals surface area (Å²) in [4.78, 5) is 11.0. The first-order chi connectivity index (χ1) is 10.8. The molecule has 0 aromatic heterocycles. The molecule has 0 saturated heterocycles. The quantitative estimate of drug-likeness (QED) is 0.414. The molecule has 0 atom stereocenters. The molecule has 2 aromatic rings. The van der Waals surface area contributed by atoms with Crippen LogP contribution in [0, 0.1) is 11.8 Å². The van der Waals surface area contributed by atoms with Crippen LogP contribution in [0.4, 0.5) is 0 Å². The minimum Gasteiger partial charge on any atom is -0.298 e. The maximum absolute atomic E-state index is 11.0. The average molecular weight is 290 g/mol. The average Bonchev–Trinajstić information content (AvgIpc) is 2.58. The summed E-state index contributed by atoms with van der Waals surface area (Å²) in [5.41, 5.74) is 3.77. The van der Waals surface area contributed by atoms with Crippen molar-refractivity contribution in [3.63, 3.8) is 0 Å². The second-order valence-corrected chi connectivity index (χ2v) is 5.46. The molecule has 0 aliphatic rings. The third-order valence-electron chi connectivity index (χ3n) is 3.70. The minimum absolute atomic E-state index is 0.641. The lowest BCUT2D eigenvalue weighted by Crippen LogP contribution is -1.87. The molecule has 0 spiro atoms. The molecule has 0 fully saturated rings. The molecule has 2 aromatic carbocycles. The molecule has 0 aliphatic heterocycles. The summed E-state index contributed by atoms with van der Waals surface area (Å²) in [7, 11) is 0. The first kappa shape index (κ1) is 16.0. The van der Waals surface area contributed by atoms with Gasteiger partial charge in [-0.3, -0.25) is 4.79 Å². The first-order valence-electron chi connectivity index (χ1n) is 7.98. The summed E-state index contributed by atoms with van der Waals surface area (Å²) in [5, 5.41) is 0. The Labute approximate surface area is 133 Å². The van der Waals surface area contributed by atoms with Crippen molar-refractivity contribution in [1.29, 1.82) is 0 Å². The summed E-state index contributed by atoms with van der Waals surface area (Å²) < 4.78 is 0. The van der Waals surface area contributed by atoms with E-state index in [-0.39, 0.29) is 0 Å². The summed E-state index contributed by atoms with van der Waals surface area (Å²) >= 11 is 0. The molecule has 0 amide bonds. The Balaban J connectivity index is 2.00. The maximum Gasteiger partial charge on any atom is 0.151 e. The van der Waals surface area contributed by atoms with E-state index in [4.69, 9.17) is 0 Å². The maximum atomic E-state index is 11.0. The van der Waals surface area contributed by atoms with Gasteiger partial charge in [-0.15, -0.1) is 0 Å². The lowest BCUT2D eigenvalue weighted by Gasteiger charge is -2.01. The van der Waals surface area contributed by atoms with Gasteiger partial charge < -0.3 is 0 Å². The molecular weight excluding hydrogens is 268 g/mol. The second-order valence-electron chi connectivity index (χ2n) is 5.46. The topological polar surface area (TPSA) is 17.1 Å². The van der Waals surface area contributed by atoms with Gasteiger partial charge in [-0.1, -0.05) is 68.4 Å². The zero-order chi connectivity index (χ0) is 15.6. The van der Waals surface area contributed by atoms with Crippen molar-refractivity contribution in [1.82, 2.24) is 0 Å². The fourth-order valence-corrected chi connectivity index (χ4v) is 2.36. The van der Waals surface area contributed by atoms with Gasteiger partial charge >= 0.3 is 0 Å². The number of carbonyl (C=O) groups excluding carboxylic acids is 1. The molecule has 1 heteroatoms. The fraction of sp³-hybridized carbons (Fsp3) is 0.286. The van der Waals surface area contributed by atoms with Crippen molar-refractivity contribution in [2.75, 3.05) is 0 Å². The van der Waals surface area contributed by atoms with Gasteiger partial charge in [0.15, 0.2) is 6.29 Å². The van der Waals surface area contributed by atoms with Gasteiger partial charge in [0.05, 0.1) is 0 Å². The third kappa shape index (κ3) is 4.90. The number of hydrogen-bond acceptors (Lipinski definition) is 1. The van der Waals surface area contributed by atoms with Gasteiger partial charge in [0.25, 0.3) is 0 Å². The second kappa shape index (κ2) is 8.85. The van der Waals surface area contributed by atoms with Crippen LogP contribution in [-0.2, 0) is 6.42 Å². The van der Waals surface area contributed by atoms with E-state index in [1.807, 2.05) is 18.2 Å². The van der Waals surface area contributed by atoms with Gasteiger partial charge in [0, 0.05) is 16.7 Å². The van der Waals surface area contributed by atoms with Crippen LogP contribution in [0.1, 0.15) is 59.7 Å². The predicted octanol–water partition coefficient (Wildman–Crippen LogP) is 5.02. The Bertz CT molecular complexity index is 656. The van der Waals surface area contributed by atoms with E-state index in [1.165, 1.54) is 31.2 Å². The molecule has 0 N–H and O–H groups in total. The molecule has 0 heterocycles. The minimum atomic E-state index is 0.641. The van der Waals surface area contributed by atoms with E-state index in [9.17, 15) is 4.79 Å². The van der Waals surface area contributed by atoms with Crippen LogP contribution in [0.3, 0.4) is 0 Å². The molecule has 0 radical (unpaired) electrons. The van der Waals surface area contributed by atoms with E-state index in [1.54, 1.807) is 6.07 Å². The first-order valence-corrected chi connectivity index (χ1v) is 7.98.